The van der Waals surface area contributed by atoms with Crippen molar-refractivity contribution in [3.63, 3.8) is 0 Å². The molecule has 0 fully saturated rings. The quantitative estimate of drug-likeness (QED) is 0.263. The largest absolute Gasteiger partial charge is 0.380 e. The molecule has 0 aliphatic rings. The summed E-state index contributed by atoms with van der Waals surface area (Å²) in [5.41, 5.74) is 9.61. The number of H-pyrrole nitrogens is 1. The van der Waals surface area contributed by atoms with Crippen LogP contribution in [-0.2, 0) is 30.7 Å². The van der Waals surface area contributed by atoms with Crippen LogP contribution in [-0.4, -0.2) is 38.3 Å². The third-order valence-corrected chi connectivity index (χ3v) is 4.97. The molecule has 1 amide bonds. The molecular weight excluding hydrogens is 436 g/mol. The predicted octanol–water partition coefficient (Wildman–Crippen LogP) is 2.88. The number of ether oxygens (including phenoxy) is 1. The molecule has 176 valence electrons. The summed E-state index contributed by atoms with van der Waals surface area (Å²) in [6.45, 7) is 2.71. The summed E-state index contributed by atoms with van der Waals surface area (Å²) in [5.74, 6) is 1.93. The van der Waals surface area contributed by atoms with Crippen LogP contribution >= 0.6 is 0 Å². The number of hydrogen-bond acceptors (Lipinski definition) is 9. The second kappa shape index (κ2) is 10.6. The first kappa shape index (κ1) is 22.9. The van der Waals surface area contributed by atoms with Crippen molar-refractivity contribution in [2.24, 2.45) is 5.73 Å². The van der Waals surface area contributed by atoms with Crippen LogP contribution < -0.4 is 16.4 Å². The van der Waals surface area contributed by atoms with Gasteiger partial charge in [0.2, 0.25) is 11.9 Å². The molecule has 5 N–H and O–H groups in total. The smallest absolute Gasteiger partial charge is 0.248 e. The van der Waals surface area contributed by atoms with Crippen molar-refractivity contribution in [1.29, 1.82) is 0 Å². The van der Waals surface area contributed by atoms with Gasteiger partial charge in [0.15, 0.2) is 11.6 Å². The second-order valence-electron chi connectivity index (χ2n) is 7.79. The highest BCUT2D eigenvalue weighted by Gasteiger charge is 2.09. The van der Waals surface area contributed by atoms with Crippen molar-refractivity contribution in [3.05, 3.63) is 76.4 Å². The number of hydrogen-bond donors (Lipinski definition) is 4. The number of carbonyl (C=O) groups is 1. The van der Waals surface area contributed by atoms with Gasteiger partial charge >= 0.3 is 0 Å². The number of aromatic nitrogens is 5. The number of benzene rings is 1. The number of nitrogens with two attached hydrogens (primary N) is 1. The number of nitrogens with zero attached hydrogens (tertiary/aromatic N) is 4. The molecule has 0 unspecified atom stereocenters. The molecule has 4 aromatic rings. The Morgan fingerprint density at radius 1 is 1.15 bits per heavy atom. The Labute approximate surface area is 196 Å². The highest BCUT2D eigenvalue weighted by Crippen LogP contribution is 2.17. The molecule has 0 aliphatic carbocycles. The monoisotopic (exact) mass is 462 g/mol. The number of anilines is 3. The number of rotatable bonds is 11. The van der Waals surface area contributed by atoms with Crippen molar-refractivity contribution in [3.8, 4) is 0 Å². The zero-order valence-corrected chi connectivity index (χ0v) is 19.0. The van der Waals surface area contributed by atoms with Gasteiger partial charge in [-0.05, 0) is 49.1 Å². The number of carbonyl (C=O) groups excluding carboxylic acids is 1. The van der Waals surface area contributed by atoms with Crippen molar-refractivity contribution >= 4 is 23.5 Å². The molecule has 11 heteroatoms. The maximum Gasteiger partial charge on any atom is 0.248 e. The summed E-state index contributed by atoms with van der Waals surface area (Å²) in [7, 11) is 1.61. The topological polar surface area (TPSA) is 157 Å². The number of amides is 1. The fourth-order valence-electron chi connectivity index (χ4n) is 3.44. The van der Waals surface area contributed by atoms with Crippen LogP contribution in [0.2, 0.25) is 0 Å². The van der Waals surface area contributed by atoms with Gasteiger partial charge in [-0.25, -0.2) is 4.98 Å². The van der Waals surface area contributed by atoms with Crippen molar-refractivity contribution in [1.82, 2.24) is 25.3 Å². The Kier molecular flexibility index (Phi) is 7.13. The molecule has 0 aliphatic heterocycles. The van der Waals surface area contributed by atoms with E-state index in [4.69, 9.17) is 15.0 Å². The highest BCUT2D eigenvalue weighted by molar-refractivity contribution is 5.93. The molecule has 11 nitrogen and oxygen atoms in total. The second-order valence-corrected chi connectivity index (χ2v) is 7.79. The molecule has 0 atom stereocenters. The van der Waals surface area contributed by atoms with Gasteiger partial charge in [-0.3, -0.25) is 9.89 Å². The Hall–Kier alpha value is -4.25. The lowest BCUT2D eigenvalue weighted by Crippen LogP contribution is -2.12. The van der Waals surface area contributed by atoms with Crippen LogP contribution in [0.3, 0.4) is 0 Å². The minimum atomic E-state index is -0.457. The number of primary amides is 1. The van der Waals surface area contributed by atoms with Crippen LogP contribution in [0.15, 0.2) is 47.1 Å². The van der Waals surface area contributed by atoms with E-state index in [2.05, 4.69) is 36.0 Å². The fraction of sp³-hybridized carbons (Fsp3) is 0.261. The van der Waals surface area contributed by atoms with E-state index in [-0.39, 0.29) is 0 Å². The van der Waals surface area contributed by atoms with E-state index in [1.165, 1.54) is 0 Å². The van der Waals surface area contributed by atoms with E-state index in [0.29, 0.717) is 54.9 Å². The summed E-state index contributed by atoms with van der Waals surface area (Å²) in [6, 6.07) is 11.1. The van der Waals surface area contributed by atoms with E-state index in [9.17, 15) is 4.79 Å². The zero-order chi connectivity index (χ0) is 23.9. The normalized spacial score (nSPS) is 10.9. The van der Waals surface area contributed by atoms with Gasteiger partial charge in [-0.2, -0.15) is 10.1 Å². The summed E-state index contributed by atoms with van der Waals surface area (Å²) in [5, 5.41) is 17.5. The first-order chi connectivity index (χ1) is 16.5. The standard InChI is InChI=1S/C23H26N8O3/c1-14-7-19(34-31-14)12-26-23-25-6-5-20(28-23)27-21-11-18(29-30-21)4-3-15-8-16(13-33-2)10-17(9-15)22(24)32/h5-11H,3-4,12-13H2,1-2H3,(H2,24,32)(H3,25,26,27,28,29,30). The van der Waals surface area contributed by atoms with Crippen LogP contribution in [0.5, 0.6) is 0 Å². The molecule has 0 spiro atoms. The Balaban J connectivity index is 1.35. The SMILES string of the molecule is COCc1cc(CCc2cc(Nc3ccnc(NCc4cc(C)no4)n3)n[nH]2)cc(C(N)=O)c1. The van der Waals surface area contributed by atoms with Gasteiger partial charge in [0.25, 0.3) is 0 Å². The Morgan fingerprint density at radius 3 is 2.76 bits per heavy atom. The number of nitrogens with one attached hydrogen (secondary N) is 3. The molecule has 0 radical (unpaired) electrons. The number of aryl methyl sites for hydroxylation is 3. The van der Waals surface area contributed by atoms with Crippen LogP contribution in [0.4, 0.5) is 17.6 Å². The lowest BCUT2D eigenvalue weighted by molar-refractivity contribution is 0.1000. The average Bonchev–Trinajstić information content (AvgIpc) is 3.45. The summed E-state index contributed by atoms with van der Waals surface area (Å²) in [4.78, 5) is 20.3. The van der Waals surface area contributed by atoms with Crippen molar-refractivity contribution < 1.29 is 14.1 Å². The highest BCUT2D eigenvalue weighted by atomic mass is 16.5. The molecule has 0 bridgehead atoms. The van der Waals surface area contributed by atoms with Crippen molar-refractivity contribution in [2.75, 3.05) is 17.7 Å². The molecule has 0 saturated carbocycles. The van der Waals surface area contributed by atoms with Gasteiger partial charge in [-0.1, -0.05) is 11.2 Å². The minimum absolute atomic E-state index is 0.417. The third kappa shape index (κ3) is 6.17. The van der Waals surface area contributed by atoms with Gasteiger partial charge in [0.05, 0.1) is 18.8 Å². The van der Waals surface area contributed by atoms with Crippen LogP contribution in [0.25, 0.3) is 0 Å². The summed E-state index contributed by atoms with van der Waals surface area (Å²) >= 11 is 0. The molecule has 3 heterocycles. The maximum absolute atomic E-state index is 11.6. The lowest BCUT2D eigenvalue weighted by atomic mass is 10.0. The van der Waals surface area contributed by atoms with E-state index < -0.39 is 5.91 Å². The molecule has 34 heavy (non-hydrogen) atoms. The van der Waals surface area contributed by atoms with E-state index in [0.717, 1.165) is 22.5 Å². The van der Waals surface area contributed by atoms with Crippen molar-refractivity contribution in [2.45, 2.75) is 32.9 Å². The fourth-order valence-corrected chi connectivity index (χ4v) is 3.44. The van der Waals surface area contributed by atoms with E-state index in [1.807, 2.05) is 31.2 Å². The summed E-state index contributed by atoms with van der Waals surface area (Å²) in [6.07, 6.45) is 3.07. The summed E-state index contributed by atoms with van der Waals surface area (Å²) < 4.78 is 10.4. The van der Waals surface area contributed by atoms with Crippen LogP contribution in [0, 0.1) is 6.92 Å². The van der Waals surface area contributed by atoms with E-state index >= 15 is 0 Å². The van der Waals surface area contributed by atoms with E-state index in [1.54, 1.807) is 25.4 Å². The first-order valence-electron chi connectivity index (χ1n) is 10.7. The maximum atomic E-state index is 11.6. The van der Waals surface area contributed by atoms with Crippen LogP contribution in [0.1, 0.15) is 38.6 Å². The van der Waals surface area contributed by atoms with Gasteiger partial charge < -0.3 is 25.6 Å². The van der Waals surface area contributed by atoms with Gasteiger partial charge in [0, 0.05) is 36.7 Å². The number of aromatic amines is 1. The van der Waals surface area contributed by atoms with Gasteiger partial charge in [-0.15, -0.1) is 0 Å². The molecule has 4 rings (SSSR count). The molecule has 1 aromatic carbocycles. The minimum Gasteiger partial charge on any atom is -0.380 e. The lowest BCUT2D eigenvalue weighted by Gasteiger charge is -2.07. The predicted molar refractivity (Wildman–Crippen MR) is 126 cm³/mol. The molecule has 3 aromatic heterocycles. The Morgan fingerprint density at radius 2 is 2.00 bits per heavy atom. The zero-order valence-electron chi connectivity index (χ0n) is 19.0. The first-order valence-corrected chi connectivity index (χ1v) is 10.7. The van der Waals surface area contributed by atoms with Gasteiger partial charge in [0.1, 0.15) is 5.82 Å². The average molecular weight is 463 g/mol. The molecular formula is C23H26N8O3. The molecule has 0 saturated heterocycles. The number of methoxy groups -OCH3 is 1. The third-order valence-electron chi connectivity index (χ3n) is 4.97. The Bertz CT molecular complexity index is 1270.